The fourth-order valence-electron chi connectivity index (χ4n) is 2.00. The molecule has 2 aromatic heterocycles. The quantitative estimate of drug-likeness (QED) is 0.742. The van der Waals surface area contributed by atoms with Crippen molar-refractivity contribution in [2.45, 2.75) is 0 Å². The number of nitrogens with two attached hydrogens (primary N) is 1. The summed E-state index contributed by atoms with van der Waals surface area (Å²) >= 11 is 0. The summed E-state index contributed by atoms with van der Waals surface area (Å²) in [5.41, 5.74) is 7.38. The van der Waals surface area contributed by atoms with E-state index in [9.17, 15) is 9.90 Å². The Morgan fingerprint density at radius 1 is 1.15 bits per heavy atom. The summed E-state index contributed by atoms with van der Waals surface area (Å²) in [5, 5.41) is 10.6. The molecule has 0 unspecified atom stereocenters. The molecule has 1 amide bonds. The number of primary amides is 1. The van der Waals surface area contributed by atoms with Crippen molar-refractivity contribution >= 4 is 16.8 Å². The van der Waals surface area contributed by atoms with E-state index in [0.29, 0.717) is 22.5 Å². The van der Waals surface area contributed by atoms with Gasteiger partial charge in [-0.1, -0.05) is 6.07 Å². The predicted octanol–water partition coefficient (Wildman–Crippen LogP) is 2.10. The Morgan fingerprint density at radius 2 is 2.00 bits per heavy atom. The van der Waals surface area contributed by atoms with Crippen molar-refractivity contribution in [3.05, 3.63) is 54.2 Å². The highest BCUT2D eigenvalue weighted by molar-refractivity contribution is 5.97. The second-order valence-corrected chi connectivity index (χ2v) is 4.34. The van der Waals surface area contributed by atoms with Gasteiger partial charge in [0, 0.05) is 17.1 Å². The van der Waals surface area contributed by atoms with Crippen LogP contribution in [0.2, 0.25) is 0 Å². The maximum atomic E-state index is 11.1. The van der Waals surface area contributed by atoms with Crippen molar-refractivity contribution in [2.24, 2.45) is 5.73 Å². The van der Waals surface area contributed by atoms with Crippen LogP contribution < -0.4 is 5.73 Å². The molecule has 1 aromatic carbocycles. The molecule has 2 heterocycles. The number of rotatable bonds is 2. The molecule has 5 heteroatoms. The van der Waals surface area contributed by atoms with E-state index in [4.69, 9.17) is 5.73 Å². The van der Waals surface area contributed by atoms with Crippen LogP contribution in [0, 0.1) is 0 Å². The molecule has 0 radical (unpaired) electrons. The molecule has 0 aliphatic carbocycles. The number of pyridine rings is 2. The Hall–Kier alpha value is -2.95. The van der Waals surface area contributed by atoms with Crippen LogP contribution in [0.5, 0.6) is 5.75 Å². The Morgan fingerprint density at radius 3 is 2.75 bits per heavy atom. The molecule has 3 aromatic rings. The molecule has 0 aliphatic heterocycles. The van der Waals surface area contributed by atoms with Gasteiger partial charge in [-0.05, 0) is 36.4 Å². The van der Waals surface area contributed by atoms with Crippen LogP contribution in [0.4, 0.5) is 0 Å². The van der Waals surface area contributed by atoms with Gasteiger partial charge < -0.3 is 10.8 Å². The zero-order chi connectivity index (χ0) is 14.1. The van der Waals surface area contributed by atoms with Crippen molar-refractivity contribution in [3.8, 4) is 17.1 Å². The lowest BCUT2D eigenvalue weighted by Gasteiger charge is -2.05. The van der Waals surface area contributed by atoms with Gasteiger partial charge in [0.15, 0.2) is 0 Å². The van der Waals surface area contributed by atoms with Crippen LogP contribution in [0.15, 0.2) is 48.7 Å². The maximum Gasteiger partial charge on any atom is 0.248 e. The van der Waals surface area contributed by atoms with E-state index in [1.54, 1.807) is 42.6 Å². The fraction of sp³-hybridized carbons (Fsp3) is 0. The normalized spacial score (nSPS) is 10.6. The van der Waals surface area contributed by atoms with Gasteiger partial charge in [-0.25, -0.2) is 4.98 Å². The average Bonchev–Trinajstić information content (AvgIpc) is 2.46. The molecule has 0 fully saturated rings. The van der Waals surface area contributed by atoms with Crippen LogP contribution >= 0.6 is 0 Å². The smallest absolute Gasteiger partial charge is 0.248 e. The van der Waals surface area contributed by atoms with Gasteiger partial charge >= 0.3 is 0 Å². The third kappa shape index (κ3) is 2.05. The number of carbonyl (C=O) groups is 1. The first kappa shape index (κ1) is 12.1. The summed E-state index contributed by atoms with van der Waals surface area (Å²) in [6, 6.07) is 11.8. The second-order valence-electron chi connectivity index (χ2n) is 4.34. The number of nitrogens with zero attached hydrogens (tertiary/aromatic N) is 2. The molecule has 0 aliphatic rings. The summed E-state index contributed by atoms with van der Waals surface area (Å²) in [5.74, 6) is -0.397. The van der Waals surface area contributed by atoms with Gasteiger partial charge in [-0.2, -0.15) is 0 Å². The van der Waals surface area contributed by atoms with E-state index in [1.165, 1.54) is 0 Å². The van der Waals surface area contributed by atoms with E-state index in [1.807, 2.05) is 6.07 Å². The van der Waals surface area contributed by atoms with Crippen LogP contribution in [0.1, 0.15) is 10.4 Å². The van der Waals surface area contributed by atoms with Crippen LogP contribution in [0.3, 0.4) is 0 Å². The summed E-state index contributed by atoms with van der Waals surface area (Å²) in [7, 11) is 0. The lowest BCUT2D eigenvalue weighted by atomic mass is 10.1. The molecule has 3 rings (SSSR count). The molecule has 0 saturated carbocycles. The number of hydrogen-bond acceptors (Lipinski definition) is 4. The zero-order valence-electron chi connectivity index (χ0n) is 10.4. The lowest BCUT2D eigenvalue weighted by molar-refractivity contribution is 0.100. The van der Waals surface area contributed by atoms with Gasteiger partial charge in [0.1, 0.15) is 11.4 Å². The van der Waals surface area contributed by atoms with E-state index in [0.717, 1.165) is 5.39 Å². The number of aromatic hydroxyl groups is 1. The van der Waals surface area contributed by atoms with Crippen molar-refractivity contribution in [1.82, 2.24) is 9.97 Å². The van der Waals surface area contributed by atoms with Gasteiger partial charge in [-0.3, -0.25) is 9.78 Å². The highest BCUT2D eigenvalue weighted by Crippen LogP contribution is 2.26. The first-order valence-electron chi connectivity index (χ1n) is 6.00. The van der Waals surface area contributed by atoms with Crippen molar-refractivity contribution in [1.29, 1.82) is 0 Å². The molecular formula is C15H11N3O2. The number of carbonyl (C=O) groups excluding carboxylic acids is 1. The van der Waals surface area contributed by atoms with Gasteiger partial charge in [0.25, 0.3) is 0 Å². The first-order chi connectivity index (χ1) is 9.65. The molecule has 3 N–H and O–H groups in total. The van der Waals surface area contributed by atoms with Crippen LogP contribution in [0.25, 0.3) is 22.3 Å². The molecule has 0 spiro atoms. The Kier molecular flexibility index (Phi) is 2.80. The largest absolute Gasteiger partial charge is 0.506 e. The fourth-order valence-corrected chi connectivity index (χ4v) is 2.00. The van der Waals surface area contributed by atoms with Gasteiger partial charge in [0.2, 0.25) is 5.91 Å². The standard InChI is InChI=1S/C15H11N3O2/c16-15(20)10-4-5-11-9(8-10)3-6-12(18-11)14-13(19)2-1-7-17-14/h1-8,19H,(H2,16,20). The van der Waals surface area contributed by atoms with Crippen molar-refractivity contribution < 1.29 is 9.90 Å². The highest BCUT2D eigenvalue weighted by atomic mass is 16.3. The second kappa shape index (κ2) is 4.62. The summed E-state index contributed by atoms with van der Waals surface area (Å²) < 4.78 is 0. The Labute approximate surface area is 114 Å². The topological polar surface area (TPSA) is 89.1 Å². The molecule has 5 nitrogen and oxygen atoms in total. The minimum Gasteiger partial charge on any atom is -0.506 e. The monoisotopic (exact) mass is 265 g/mol. The predicted molar refractivity (Wildman–Crippen MR) is 75.2 cm³/mol. The number of benzene rings is 1. The van der Waals surface area contributed by atoms with Gasteiger partial charge in [-0.15, -0.1) is 0 Å². The molecule has 98 valence electrons. The maximum absolute atomic E-state index is 11.1. The van der Waals surface area contributed by atoms with Crippen LogP contribution in [-0.4, -0.2) is 21.0 Å². The number of aromatic nitrogens is 2. The number of amides is 1. The summed E-state index contributed by atoms with van der Waals surface area (Å²) in [4.78, 5) is 19.7. The lowest BCUT2D eigenvalue weighted by Crippen LogP contribution is -2.10. The van der Waals surface area contributed by atoms with E-state index >= 15 is 0 Å². The third-order valence-electron chi connectivity index (χ3n) is 3.00. The Bertz CT molecular complexity index is 815. The molecule has 0 bridgehead atoms. The summed E-state index contributed by atoms with van der Waals surface area (Å²) in [6.45, 7) is 0. The van der Waals surface area contributed by atoms with Crippen molar-refractivity contribution in [2.75, 3.05) is 0 Å². The van der Waals surface area contributed by atoms with E-state index in [-0.39, 0.29) is 5.75 Å². The molecule has 0 saturated heterocycles. The van der Waals surface area contributed by atoms with E-state index < -0.39 is 5.91 Å². The third-order valence-corrected chi connectivity index (χ3v) is 3.00. The molecule has 0 atom stereocenters. The zero-order valence-corrected chi connectivity index (χ0v) is 10.4. The number of hydrogen-bond donors (Lipinski definition) is 2. The molecular weight excluding hydrogens is 254 g/mol. The first-order valence-corrected chi connectivity index (χ1v) is 6.00. The van der Waals surface area contributed by atoms with Gasteiger partial charge in [0.05, 0.1) is 11.2 Å². The summed E-state index contributed by atoms with van der Waals surface area (Å²) in [6.07, 6.45) is 1.59. The minimum absolute atomic E-state index is 0.0770. The average molecular weight is 265 g/mol. The Balaban J connectivity index is 2.15. The highest BCUT2D eigenvalue weighted by Gasteiger charge is 2.08. The number of fused-ring (bicyclic) bond motifs is 1. The van der Waals surface area contributed by atoms with Crippen molar-refractivity contribution in [3.63, 3.8) is 0 Å². The SMILES string of the molecule is NC(=O)c1ccc2nc(-c3ncccc3O)ccc2c1. The van der Waals surface area contributed by atoms with Crippen LogP contribution in [-0.2, 0) is 0 Å². The minimum atomic E-state index is -0.474. The van der Waals surface area contributed by atoms with E-state index in [2.05, 4.69) is 9.97 Å². The molecule has 20 heavy (non-hydrogen) atoms.